The van der Waals surface area contributed by atoms with Gasteiger partial charge in [-0.3, -0.25) is 24.5 Å². The van der Waals surface area contributed by atoms with Crippen molar-refractivity contribution in [3.05, 3.63) is 78.2 Å². The van der Waals surface area contributed by atoms with Crippen LogP contribution >= 0.6 is 0 Å². The van der Waals surface area contributed by atoms with Crippen LogP contribution in [0.3, 0.4) is 0 Å². The molecule has 7 nitrogen and oxygen atoms in total. The smallest absolute Gasteiger partial charge is 0.231 e. The molecule has 0 amide bonds. The third-order valence-electron chi connectivity index (χ3n) is 2.86. The monoisotopic (exact) mass is 291 g/mol. The third kappa shape index (κ3) is 2.59. The molecule has 3 aromatic heterocycles. The third-order valence-corrected chi connectivity index (χ3v) is 2.86. The summed E-state index contributed by atoms with van der Waals surface area (Å²) in [5.41, 5.74) is 0.426. The first-order chi connectivity index (χ1) is 10.8. The van der Waals surface area contributed by atoms with Crippen LogP contribution in [0, 0.1) is 0 Å². The SMILES string of the molecule is O=C(c1cnccn1)c1cccnc1C(=O)c1cnccn1. The molecule has 0 bridgehead atoms. The fraction of sp³-hybridized carbons (Fsp3) is 0. The summed E-state index contributed by atoms with van der Waals surface area (Å²) in [4.78, 5) is 44.5. The van der Waals surface area contributed by atoms with Crippen LogP contribution in [0.25, 0.3) is 0 Å². The molecule has 0 aliphatic carbocycles. The molecule has 3 aromatic rings. The van der Waals surface area contributed by atoms with Gasteiger partial charge in [0, 0.05) is 31.0 Å². The number of hydrogen-bond acceptors (Lipinski definition) is 7. The Morgan fingerprint density at radius 1 is 0.727 bits per heavy atom. The van der Waals surface area contributed by atoms with Gasteiger partial charge in [-0.2, -0.15) is 0 Å². The second-order valence-corrected chi connectivity index (χ2v) is 4.24. The lowest BCUT2D eigenvalue weighted by molar-refractivity contribution is 0.0994. The van der Waals surface area contributed by atoms with E-state index in [1.54, 1.807) is 6.07 Å². The topological polar surface area (TPSA) is 98.6 Å². The zero-order chi connectivity index (χ0) is 15.4. The van der Waals surface area contributed by atoms with Crippen molar-refractivity contribution in [1.82, 2.24) is 24.9 Å². The first-order valence-corrected chi connectivity index (χ1v) is 6.34. The maximum Gasteiger partial charge on any atom is 0.231 e. The molecule has 0 atom stereocenters. The Morgan fingerprint density at radius 2 is 1.36 bits per heavy atom. The van der Waals surface area contributed by atoms with E-state index >= 15 is 0 Å². The molecule has 0 unspecified atom stereocenters. The maximum absolute atomic E-state index is 12.5. The van der Waals surface area contributed by atoms with Crippen LogP contribution in [-0.4, -0.2) is 36.5 Å². The molecule has 22 heavy (non-hydrogen) atoms. The number of aromatic nitrogens is 5. The summed E-state index contributed by atoms with van der Waals surface area (Å²) in [6.45, 7) is 0. The molecule has 0 spiro atoms. The minimum absolute atomic E-state index is 0.0126. The summed E-state index contributed by atoms with van der Waals surface area (Å²) in [6.07, 6.45) is 9.84. The molecule has 0 fully saturated rings. The number of nitrogens with zero attached hydrogens (tertiary/aromatic N) is 5. The van der Waals surface area contributed by atoms with Crippen molar-refractivity contribution in [3.63, 3.8) is 0 Å². The molecular weight excluding hydrogens is 282 g/mol. The van der Waals surface area contributed by atoms with E-state index in [1.165, 1.54) is 49.4 Å². The van der Waals surface area contributed by atoms with Gasteiger partial charge in [0.05, 0.1) is 18.0 Å². The van der Waals surface area contributed by atoms with E-state index in [-0.39, 0.29) is 22.6 Å². The van der Waals surface area contributed by atoms with Crippen molar-refractivity contribution < 1.29 is 9.59 Å². The molecule has 0 N–H and O–H groups in total. The Balaban J connectivity index is 2.04. The average Bonchev–Trinajstić information content (AvgIpc) is 2.62. The second-order valence-electron chi connectivity index (χ2n) is 4.24. The van der Waals surface area contributed by atoms with Gasteiger partial charge in [-0.25, -0.2) is 9.97 Å². The van der Waals surface area contributed by atoms with Crippen LogP contribution < -0.4 is 0 Å². The minimum atomic E-state index is -0.471. The molecular formula is C15H9N5O2. The Labute approximate surface area is 125 Å². The maximum atomic E-state index is 12.5. The number of ketones is 2. The standard InChI is InChI=1S/C15H9N5O2/c21-14(11-8-16-4-6-18-11)10-2-1-3-20-13(10)15(22)12-9-17-5-7-19-12/h1-9H. The molecule has 106 valence electrons. The quantitative estimate of drug-likeness (QED) is 0.664. The Kier molecular flexibility index (Phi) is 3.69. The van der Waals surface area contributed by atoms with Crippen molar-refractivity contribution in [3.8, 4) is 0 Å². The molecule has 0 aromatic carbocycles. The highest BCUT2D eigenvalue weighted by molar-refractivity contribution is 6.17. The van der Waals surface area contributed by atoms with E-state index in [1.807, 2.05) is 0 Å². The molecule has 0 aliphatic heterocycles. The molecule has 0 aliphatic rings. The first-order valence-electron chi connectivity index (χ1n) is 6.34. The summed E-state index contributed by atoms with van der Waals surface area (Å²) >= 11 is 0. The zero-order valence-corrected chi connectivity index (χ0v) is 11.2. The summed E-state index contributed by atoms with van der Waals surface area (Å²) in [5, 5.41) is 0. The summed E-state index contributed by atoms with van der Waals surface area (Å²) in [7, 11) is 0. The van der Waals surface area contributed by atoms with E-state index in [9.17, 15) is 9.59 Å². The van der Waals surface area contributed by atoms with Crippen LogP contribution in [0.15, 0.2) is 55.5 Å². The second kappa shape index (κ2) is 5.96. The predicted octanol–water partition coefficient (Wildman–Crippen LogP) is 1.12. The lowest BCUT2D eigenvalue weighted by atomic mass is 10.0. The van der Waals surface area contributed by atoms with Crippen molar-refractivity contribution >= 4 is 11.6 Å². The van der Waals surface area contributed by atoms with Gasteiger partial charge >= 0.3 is 0 Å². The minimum Gasteiger partial charge on any atom is -0.287 e. The van der Waals surface area contributed by atoms with Gasteiger partial charge in [0.15, 0.2) is 0 Å². The number of carbonyl (C=O) groups excluding carboxylic acids is 2. The zero-order valence-electron chi connectivity index (χ0n) is 11.2. The normalized spacial score (nSPS) is 10.2. The van der Waals surface area contributed by atoms with Gasteiger partial charge < -0.3 is 0 Å². The first kappa shape index (κ1) is 13.6. The van der Waals surface area contributed by atoms with E-state index in [2.05, 4.69) is 24.9 Å². The van der Waals surface area contributed by atoms with Crippen LogP contribution in [0.2, 0.25) is 0 Å². The summed E-state index contributed by atoms with van der Waals surface area (Å²) < 4.78 is 0. The van der Waals surface area contributed by atoms with Gasteiger partial charge in [-0.1, -0.05) is 0 Å². The van der Waals surface area contributed by atoms with Crippen molar-refractivity contribution in [2.75, 3.05) is 0 Å². The average molecular weight is 291 g/mol. The Morgan fingerprint density at radius 3 is 1.95 bits per heavy atom. The lowest BCUT2D eigenvalue weighted by Crippen LogP contribution is -2.15. The number of hydrogen-bond donors (Lipinski definition) is 0. The fourth-order valence-electron chi connectivity index (χ4n) is 1.86. The van der Waals surface area contributed by atoms with Crippen LogP contribution in [-0.2, 0) is 0 Å². The summed E-state index contributed by atoms with van der Waals surface area (Å²) in [6, 6.07) is 3.10. The molecule has 3 heterocycles. The molecule has 0 saturated heterocycles. The summed E-state index contributed by atoms with van der Waals surface area (Å²) in [5.74, 6) is -0.894. The van der Waals surface area contributed by atoms with Gasteiger partial charge in [0.1, 0.15) is 17.1 Å². The van der Waals surface area contributed by atoms with Crippen molar-refractivity contribution in [1.29, 1.82) is 0 Å². The highest BCUT2D eigenvalue weighted by Crippen LogP contribution is 2.13. The largest absolute Gasteiger partial charge is 0.287 e. The molecule has 7 heteroatoms. The highest BCUT2D eigenvalue weighted by Gasteiger charge is 2.22. The van der Waals surface area contributed by atoms with Crippen molar-refractivity contribution in [2.45, 2.75) is 0 Å². The van der Waals surface area contributed by atoms with Crippen LogP contribution in [0.4, 0.5) is 0 Å². The van der Waals surface area contributed by atoms with Gasteiger partial charge in [-0.15, -0.1) is 0 Å². The number of rotatable bonds is 4. The van der Waals surface area contributed by atoms with Crippen LogP contribution in [0.5, 0.6) is 0 Å². The predicted molar refractivity (Wildman–Crippen MR) is 75.2 cm³/mol. The fourth-order valence-corrected chi connectivity index (χ4v) is 1.86. The Bertz CT molecular complexity index is 751. The van der Waals surface area contributed by atoms with E-state index in [4.69, 9.17) is 0 Å². The van der Waals surface area contributed by atoms with Crippen molar-refractivity contribution in [2.24, 2.45) is 0 Å². The van der Waals surface area contributed by atoms with Gasteiger partial charge in [-0.05, 0) is 12.1 Å². The molecule has 0 radical (unpaired) electrons. The number of pyridine rings is 1. The molecule has 0 saturated carbocycles. The van der Waals surface area contributed by atoms with Crippen LogP contribution in [0.1, 0.15) is 32.2 Å². The Hall–Kier alpha value is -3.35. The van der Waals surface area contributed by atoms with E-state index < -0.39 is 11.6 Å². The lowest BCUT2D eigenvalue weighted by Gasteiger charge is -2.05. The highest BCUT2D eigenvalue weighted by atomic mass is 16.1. The van der Waals surface area contributed by atoms with E-state index in [0.29, 0.717) is 0 Å². The van der Waals surface area contributed by atoms with E-state index in [0.717, 1.165) is 0 Å². The molecule has 3 rings (SSSR count). The number of carbonyl (C=O) groups is 2. The van der Waals surface area contributed by atoms with Gasteiger partial charge in [0.2, 0.25) is 11.6 Å². The van der Waals surface area contributed by atoms with Gasteiger partial charge in [0.25, 0.3) is 0 Å².